The smallest absolute Gasteiger partial charge is 0.258 e. The maximum absolute atomic E-state index is 13.9. The first-order valence-corrected chi connectivity index (χ1v) is 7.32. The van der Waals surface area contributed by atoms with Crippen LogP contribution in [0.15, 0.2) is 22.7 Å². The number of nitrogens with two attached hydrogens (primary N) is 1. The van der Waals surface area contributed by atoms with Crippen molar-refractivity contribution in [1.29, 1.82) is 0 Å². The lowest BCUT2D eigenvalue weighted by Gasteiger charge is -2.40. The van der Waals surface area contributed by atoms with Crippen molar-refractivity contribution in [1.82, 2.24) is 4.90 Å². The van der Waals surface area contributed by atoms with Gasteiger partial charge in [0.2, 0.25) is 0 Å². The van der Waals surface area contributed by atoms with Crippen molar-refractivity contribution >= 4 is 21.8 Å². The second kappa shape index (κ2) is 6.01. The Labute approximate surface area is 121 Å². The minimum absolute atomic E-state index is 0.00255. The molecule has 3 nitrogen and oxygen atoms in total. The molecule has 19 heavy (non-hydrogen) atoms. The van der Waals surface area contributed by atoms with Gasteiger partial charge < -0.3 is 10.6 Å². The average molecular weight is 329 g/mol. The van der Waals surface area contributed by atoms with Gasteiger partial charge in [0, 0.05) is 23.1 Å². The average Bonchev–Trinajstić information content (AvgIpc) is 2.37. The minimum atomic E-state index is -0.493. The number of likely N-dealkylation sites (tertiary alicyclic amines) is 1. The summed E-state index contributed by atoms with van der Waals surface area (Å²) in [5, 5.41) is 0. The lowest BCUT2D eigenvalue weighted by Crippen LogP contribution is -2.52. The van der Waals surface area contributed by atoms with E-state index in [1.54, 1.807) is 17.0 Å². The molecule has 1 aliphatic rings. The highest BCUT2D eigenvalue weighted by Gasteiger charge is 2.33. The summed E-state index contributed by atoms with van der Waals surface area (Å²) in [6.45, 7) is 2.41. The summed E-state index contributed by atoms with van der Waals surface area (Å²) in [5.74, 6) is -0.763. The first-order valence-electron chi connectivity index (χ1n) is 6.53. The normalized spacial score (nSPS) is 23.5. The van der Waals surface area contributed by atoms with Crippen molar-refractivity contribution < 1.29 is 9.18 Å². The van der Waals surface area contributed by atoms with E-state index in [0.29, 0.717) is 11.0 Å². The van der Waals surface area contributed by atoms with Crippen molar-refractivity contribution in [3.63, 3.8) is 0 Å². The predicted octanol–water partition coefficient (Wildman–Crippen LogP) is 2.93. The zero-order valence-corrected chi connectivity index (χ0v) is 12.5. The Hall–Kier alpha value is -0.940. The molecule has 2 N–H and O–H groups in total. The van der Waals surface area contributed by atoms with Gasteiger partial charge in [-0.2, -0.15) is 0 Å². The number of amides is 1. The fourth-order valence-electron chi connectivity index (χ4n) is 2.72. The van der Waals surface area contributed by atoms with E-state index in [9.17, 15) is 9.18 Å². The summed E-state index contributed by atoms with van der Waals surface area (Å²) in [7, 11) is 0. The molecule has 0 aromatic heterocycles. The molecule has 1 heterocycles. The number of piperidine rings is 1. The van der Waals surface area contributed by atoms with E-state index < -0.39 is 5.82 Å². The van der Waals surface area contributed by atoms with E-state index in [0.717, 1.165) is 19.3 Å². The third-order valence-corrected chi connectivity index (χ3v) is 4.37. The second-order valence-electron chi connectivity index (χ2n) is 4.98. The number of hydrogen-bond acceptors (Lipinski definition) is 2. The van der Waals surface area contributed by atoms with Crippen LogP contribution in [0.3, 0.4) is 0 Å². The van der Waals surface area contributed by atoms with E-state index in [4.69, 9.17) is 5.73 Å². The van der Waals surface area contributed by atoms with Crippen LogP contribution in [-0.4, -0.2) is 29.4 Å². The molecule has 2 rings (SSSR count). The second-order valence-corrected chi connectivity index (χ2v) is 5.83. The summed E-state index contributed by atoms with van der Waals surface area (Å²) in [4.78, 5) is 14.4. The van der Waals surface area contributed by atoms with Crippen LogP contribution in [0.5, 0.6) is 0 Å². The van der Waals surface area contributed by atoms with Crippen LogP contribution in [0, 0.1) is 5.82 Å². The molecule has 0 aliphatic carbocycles. The Morgan fingerprint density at radius 2 is 2.26 bits per heavy atom. The summed E-state index contributed by atoms with van der Waals surface area (Å²) < 4.78 is 14.4. The lowest BCUT2D eigenvalue weighted by atomic mass is 9.95. The van der Waals surface area contributed by atoms with Crippen LogP contribution in [-0.2, 0) is 0 Å². The van der Waals surface area contributed by atoms with Gasteiger partial charge in [0.1, 0.15) is 5.82 Å². The molecule has 1 aromatic carbocycles. The van der Waals surface area contributed by atoms with Crippen molar-refractivity contribution in [3.05, 3.63) is 34.1 Å². The molecular weight excluding hydrogens is 311 g/mol. The van der Waals surface area contributed by atoms with Crippen molar-refractivity contribution in [2.45, 2.75) is 38.3 Å². The van der Waals surface area contributed by atoms with Gasteiger partial charge in [-0.25, -0.2) is 4.39 Å². The van der Waals surface area contributed by atoms with Crippen LogP contribution in [0.1, 0.15) is 36.5 Å². The maximum Gasteiger partial charge on any atom is 0.258 e. The zero-order valence-electron chi connectivity index (χ0n) is 10.9. The molecule has 1 fully saturated rings. The van der Waals surface area contributed by atoms with Gasteiger partial charge in [0.25, 0.3) is 5.91 Å². The van der Waals surface area contributed by atoms with Gasteiger partial charge in [0.05, 0.1) is 5.56 Å². The topological polar surface area (TPSA) is 46.3 Å². The van der Waals surface area contributed by atoms with Crippen LogP contribution < -0.4 is 5.73 Å². The molecule has 0 spiro atoms. The van der Waals surface area contributed by atoms with E-state index >= 15 is 0 Å². The fraction of sp³-hybridized carbons (Fsp3) is 0.500. The lowest BCUT2D eigenvalue weighted by molar-refractivity contribution is 0.0488. The zero-order chi connectivity index (χ0) is 14.0. The number of halogens is 2. The van der Waals surface area contributed by atoms with E-state index in [1.165, 1.54) is 6.07 Å². The molecule has 2 atom stereocenters. The summed E-state index contributed by atoms with van der Waals surface area (Å²) >= 11 is 3.26. The highest BCUT2D eigenvalue weighted by Crippen LogP contribution is 2.28. The highest BCUT2D eigenvalue weighted by molar-refractivity contribution is 9.10. The van der Waals surface area contributed by atoms with Crippen molar-refractivity contribution in [3.8, 4) is 0 Å². The Kier molecular flexibility index (Phi) is 4.58. The SMILES string of the molecule is CC1CCCC(CN)N1C(=O)c1c(F)cccc1Br. The first-order chi connectivity index (χ1) is 9.06. The molecule has 1 aliphatic heterocycles. The third kappa shape index (κ3) is 2.82. The van der Waals surface area contributed by atoms with Gasteiger partial charge in [-0.3, -0.25) is 4.79 Å². The number of carbonyl (C=O) groups excluding carboxylic acids is 1. The summed E-state index contributed by atoms with van der Waals surface area (Å²) in [6, 6.07) is 4.67. The third-order valence-electron chi connectivity index (χ3n) is 3.71. The molecule has 1 saturated heterocycles. The van der Waals surface area contributed by atoms with E-state index in [2.05, 4.69) is 15.9 Å². The van der Waals surface area contributed by atoms with Crippen LogP contribution in [0.2, 0.25) is 0 Å². The molecule has 0 radical (unpaired) electrons. The summed E-state index contributed by atoms with van der Waals surface area (Å²) in [6.07, 6.45) is 2.89. The van der Waals surface area contributed by atoms with Crippen molar-refractivity contribution in [2.24, 2.45) is 5.73 Å². The van der Waals surface area contributed by atoms with Crippen LogP contribution in [0.25, 0.3) is 0 Å². The molecule has 2 unspecified atom stereocenters. The number of benzene rings is 1. The molecule has 5 heteroatoms. The van der Waals surface area contributed by atoms with Gasteiger partial charge in [-0.05, 0) is 54.2 Å². The monoisotopic (exact) mass is 328 g/mol. The Morgan fingerprint density at radius 1 is 1.53 bits per heavy atom. The maximum atomic E-state index is 13.9. The Balaban J connectivity index is 2.36. The number of rotatable bonds is 2. The van der Waals surface area contributed by atoms with Gasteiger partial charge in [-0.1, -0.05) is 6.07 Å². The number of hydrogen-bond donors (Lipinski definition) is 1. The summed E-state index contributed by atoms with van der Waals surface area (Å²) in [5.41, 5.74) is 5.85. The van der Waals surface area contributed by atoms with Gasteiger partial charge in [-0.15, -0.1) is 0 Å². The predicted molar refractivity (Wildman–Crippen MR) is 76.4 cm³/mol. The van der Waals surface area contributed by atoms with Gasteiger partial charge >= 0.3 is 0 Å². The molecule has 1 aromatic rings. The standard InChI is InChI=1S/C14H18BrFN2O/c1-9-4-2-5-10(8-17)18(9)14(19)13-11(15)6-3-7-12(13)16/h3,6-7,9-10H,2,4-5,8,17H2,1H3. The number of nitrogens with zero attached hydrogens (tertiary/aromatic N) is 1. The molecular formula is C14H18BrFN2O. The Bertz CT molecular complexity index is 460. The highest BCUT2D eigenvalue weighted by atomic mass is 79.9. The Morgan fingerprint density at radius 3 is 2.89 bits per heavy atom. The van der Waals surface area contributed by atoms with E-state index in [-0.39, 0.29) is 23.6 Å². The largest absolute Gasteiger partial charge is 0.332 e. The minimum Gasteiger partial charge on any atom is -0.332 e. The van der Waals surface area contributed by atoms with Crippen LogP contribution >= 0.6 is 15.9 Å². The van der Waals surface area contributed by atoms with Crippen LogP contribution in [0.4, 0.5) is 4.39 Å². The number of carbonyl (C=O) groups is 1. The molecule has 0 bridgehead atoms. The molecule has 0 saturated carbocycles. The first kappa shape index (κ1) is 14.5. The fourth-order valence-corrected chi connectivity index (χ4v) is 3.23. The van der Waals surface area contributed by atoms with Gasteiger partial charge in [0.15, 0.2) is 0 Å². The molecule has 1 amide bonds. The van der Waals surface area contributed by atoms with E-state index in [1.807, 2.05) is 6.92 Å². The molecule has 104 valence electrons. The van der Waals surface area contributed by atoms with Crippen molar-refractivity contribution in [2.75, 3.05) is 6.54 Å². The quantitative estimate of drug-likeness (QED) is 0.907.